The second-order valence-corrected chi connectivity index (χ2v) is 1.63. The van der Waals surface area contributed by atoms with Crippen LogP contribution in [0.3, 0.4) is 0 Å². The monoisotopic (exact) mass is 91.1 g/mol. The molecule has 0 atom stereocenters. The van der Waals surface area contributed by atoms with Crippen LogP contribution in [0.1, 0.15) is 13.8 Å². The van der Waals surface area contributed by atoms with Crippen LogP contribution >= 0.6 is 0 Å². The van der Waals surface area contributed by atoms with E-state index in [-0.39, 0.29) is 5.48 Å². The van der Waals surface area contributed by atoms with Gasteiger partial charge in [-0.25, -0.2) is 0 Å². The molecule has 40 valence electrons. The lowest BCUT2D eigenvalue weighted by molar-refractivity contribution is 0.664. The van der Waals surface area contributed by atoms with Crippen molar-refractivity contribution in [2.45, 2.75) is 13.8 Å². The Kier molecular flexibility index (Phi) is 7.65. The van der Waals surface area contributed by atoms with Crippen LogP contribution in [-0.2, 0) is 0 Å². The van der Waals surface area contributed by atoms with E-state index in [9.17, 15) is 0 Å². The zero-order chi connectivity index (χ0) is 4.28. The van der Waals surface area contributed by atoms with Gasteiger partial charge in [-0.2, -0.15) is 0 Å². The van der Waals surface area contributed by atoms with Crippen molar-refractivity contribution in [1.29, 1.82) is 0 Å². The fourth-order valence-corrected chi connectivity index (χ4v) is 0. The second kappa shape index (κ2) is 4.92. The molecule has 0 aliphatic rings. The number of nitrogens with two attached hydrogens (primary N) is 1. The SMILES string of the molecule is CC(C)CN.O. The van der Waals surface area contributed by atoms with Gasteiger partial charge in [-0.05, 0) is 12.5 Å². The summed E-state index contributed by atoms with van der Waals surface area (Å²) in [5.74, 6) is 0.662. The van der Waals surface area contributed by atoms with E-state index < -0.39 is 0 Å². The van der Waals surface area contributed by atoms with Crippen molar-refractivity contribution in [3.05, 3.63) is 0 Å². The lowest BCUT2D eigenvalue weighted by Crippen LogP contribution is -2.05. The van der Waals surface area contributed by atoms with E-state index in [2.05, 4.69) is 13.8 Å². The van der Waals surface area contributed by atoms with Crippen molar-refractivity contribution in [3.63, 3.8) is 0 Å². The fraction of sp³-hybridized carbons (Fsp3) is 1.00. The first-order valence-corrected chi connectivity index (χ1v) is 1.97. The van der Waals surface area contributed by atoms with Crippen molar-refractivity contribution in [2.24, 2.45) is 11.7 Å². The van der Waals surface area contributed by atoms with Crippen LogP contribution < -0.4 is 5.73 Å². The van der Waals surface area contributed by atoms with E-state index >= 15 is 0 Å². The summed E-state index contributed by atoms with van der Waals surface area (Å²) in [6, 6.07) is 0. The predicted molar refractivity (Wildman–Crippen MR) is 27.5 cm³/mol. The first-order chi connectivity index (χ1) is 2.27. The van der Waals surface area contributed by atoms with Crippen LogP contribution in [-0.4, -0.2) is 12.0 Å². The van der Waals surface area contributed by atoms with Gasteiger partial charge in [0.25, 0.3) is 0 Å². The molecule has 0 aromatic rings. The van der Waals surface area contributed by atoms with E-state index in [1.165, 1.54) is 0 Å². The first kappa shape index (κ1) is 9.33. The summed E-state index contributed by atoms with van der Waals surface area (Å²) in [7, 11) is 0. The van der Waals surface area contributed by atoms with Gasteiger partial charge in [-0.15, -0.1) is 0 Å². The summed E-state index contributed by atoms with van der Waals surface area (Å²) >= 11 is 0. The van der Waals surface area contributed by atoms with Crippen LogP contribution in [0.2, 0.25) is 0 Å². The van der Waals surface area contributed by atoms with Gasteiger partial charge in [0.2, 0.25) is 0 Å². The maximum absolute atomic E-state index is 5.17. The van der Waals surface area contributed by atoms with Crippen LogP contribution in [0.25, 0.3) is 0 Å². The van der Waals surface area contributed by atoms with Crippen molar-refractivity contribution in [2.75, 3.05) is 6.54 Å². The molecule has 0 radical (unpaired) electrons. The Morgan fingerprint density at radius 2 is 1.67 bits per heavy atom. The van der Waals surface area contributed by atoms with E-state index in [4.69, 9.17) is 5.73 Å². The lowest BCUT2D eigenvalue weighted by Gasteiger charge is -1.91. The Labute approximate surface area is 38.7 Å². The minimum absolute atomic E-state index is 0. The van der Waals surface area contributed by atoms with Gasteiger partial charge in [-0.3, -0.25) is 0 Å². The average Bonchev–Trinajstić information content (AvgIpc) is 1.38. The molecule has 0 aromatic carbocycles. The van der Waals surface area contributed by atoms with E-state index in [0.717, 1.165) is 6.54 Å². The number of hydrogen-bond acceptors (Lipinski definition) is 1. The van der Waals surface area contributed by atoms with Gasteiger partial charge < -0.3 is 11.2 Å². The highest BCUT2D eigenvalue weighted by Crippen LogP contribution is 1.81. The maximum atomic E-state index is 5.17. The van der Waals surface area contributed by atoms with Gasteiger partial charge in [0.05, 0.1) is 0 Å². The molecule has 0 saturated carbocycles. The molecule has 2 nitrogen and oxygen atoms in total. The highest BCUT2D eigenvalue weighted by atomic mass is 16.0. The molecule has 0 bridgehead atoms. The summed E-state index contributed by atoms with van der Waals surface area (Å²) < 4.78 is 0. The Morgan fingerprint density at radius 3 is 1.67 bits per heavy atom. The average molecular weight is 91.2 g/mol. The van der Waals surface area contributed by atoms with E-state index in [1.807, 2.05) is 0 Å². The van der Waals surface area contributed by atoms with Crippen LogP contribution in [0.15, 0.2) is 0 Å². The molecule has 6 heavy (non-hydrogen) atoms. The summed E-state index contributed by atoms with van der Waals surface area (Å²) in [6.07, 6.45) is 0. The second-order valence-electron chi connectivity index (χ2n) is 1.63. The van der Waals surface area contributed by atoms with Crippen LogP contribution in [0, 0.1) is 5.92 Å². The molecule has 0 heterocycles. The van der Waals surface area contributed by atoms with Gasteiger partial charge in [0.15, 0.2) is 0 Å². The normalized spacial score (nSPS) is 8.00. The van der Waals surface area contributed by atoms with Gasteiger partial charge in [0, 0.05) is 0 Å². The molecule has 2 heteroatoms. The molecule has 0 amide bonds. The molecule has 0 unspecified atom stereocenters. The Bertz CT molecular complexity index is 21.5. The molecule has 4 N–H and O–H groups in total. The number of hydrogen-bond donors (Lipinski definition) is 1. The first-order valence-electron chi connectivity index (χ1n) is 1.97. The summed E-state index contributed by atoms with van der Waals surface area (Å²) in [5.41, 5.74) is 5.17. The largest absolute Gasteiger partial charge is 0.412 e. The standard InChI is InChI=1S/C4H11N.H2O/c1-4(2)3-5;/h4H,3,5H2,1-2H3;1H2. The van der Waals surface area contributed by atoms with Crippen molar-refractivity contribution in [1.82, 2.24) is 0 Å². The smallest absolute Gasteiger partial charge is 0.00541 e. The van der Waals surface area contributed by atoms with E-state index in [1.54, 1.807) is 0 Å². The summed E-state index contributed by atoms with van der Waals surface area (Å²) in [6.45, 7) is 5.00. The molecular weight excluding hydrogens is 78.0 g/mol. The maximum Gasteiger partial charge on any atom is -0.00541 e. The topological polar surface area (TPSA) is 57.5 Å². The minimum atomic E-state index is 0. The third kappa shape index (κ3) is 9.07. The molecule has 0 fully saturated rings. The fourth-order valence-electron chi connectivity index (χ4n) is 0. The summed E-state index contributed by atoms with van der Waals surface area (Å²) in [5, 5.41) is 0. The van der Waals surface area contributed by atoms with Gasteiger partial charge in [-0.1, -0.05) is 13.8 Å². The molecule has 0 saturated heterocycles. The molecule has 0 aromatic heterocycles. The van der Waals surface area contributed by atoms with Crippen molar-refractivity contribution in [3.8, 4) is 0 Å². The number of rotatable bonds is 1. The van der Waals surface area contributed by atoms with Gasteiger partial charge >= 0.3 is 0 Å². The van der Waals surface area contributed by atoms with E-state index in [0.29, 0.717) is 5.92 Å². The van der Waals surface area contributed by atoms with Crippen LogP contribution in [0.5, 0.6) is 0 Å². The molecule has 0 rings (SSSR count). The molecule has 0 aliphatic heterocycles. The van der Waals surface area contributed by atoms with Crippen molar-refractivity contribution >= 4 is 0 Å². The highest BCUT2D eigenvalue weighted by Gasteiger charge is 1.80. The minimum Gasteiger partial charge on any atom is -0.412 e. The summed E-state index contributed by atoms with van der Waals surface area (Å²) in [4.78, 5) is 0. The third-order valence-corrected chi connectivity index (χ3v) is 0.471. The zero-order valence-corrected chi connectivity index (χ0v) is 4.36. The molecular formula is C4H13NO. The third-order valence-electron chi connectivity index (χ3n) is 0.471. The Morgan fingerprint density at radius 1 is 1.50 bits per heavy atom. The molecule has 0 aliphatic carbocycles. The lowest BCUT2D eigenvalue weighted by atomic mass is 10.2. The zero-order valence-electron chi connectivity index (χ0n) is 4.36. The Hall–Kier alpha value is -0.0800. The highest BCUT2D eigenvalue weighted by molar-refractivity contribution is 4.38. The predicted octanol–water partition coefficient (Wildman–Crippen LogP) is -0.224. The van der Waals surface area contributed by atoms with Crippen LogP contribution in [0.4, 0.5) is 0 Å². The quantitative estimate of drug-likeness (QED) is 0.476. The molecule has 0 spiro atoms. The van der Waals surface area contributed by atoms with Gasteiger partial charge in [0.1, 0.15) is 0 Å². The Balaban J connectivity index is 0. The van der Waals surface area contributed by atoms with Crippen molar-refractivity contribution < 1.29 is 5.48 Å².